The molecule has 0 spiro atoms. The molecule has 21 heavy (non-hydrogen) atoms. The Morgan fingerprint density at radius 2 is 2.43 bits per heavy atom. The highest BCUT2D eigenvalue weighted by Crippen LogP contribution is 2.22. The first-order valence-corrected chi connectivity index (χ1v) is 7.49. The first-order valence-electron chi connectivity index (χ1n) is 7.49. The number of hydrogen-bond donors (Lipinski definition) is 1. The minimum atomic E-state index is -0.447. The average Bonchev–Trinajstić information content (AvgIpc) is 3.14. The van der Waals surface area contributed by atoms with Crippen molar-refractivity contribution in [2.24, 2.45) is 0 Å². The molecule has 2 saturated heterocycles. The average molecular weight is 294 g/mol. The van der Waals surface area contributed by atoms with Crippen LogP contribution in [0.4, 0.5) is 0 Å². The van der Waals surface area contributed by atoms with E-state index in [1.54, 1.807) is 12.1 Å². The number of carbonyl (C=O) groups is 1. The van der Waals surface area contributed by atoms with E-state index in [4.69, 9.17) is 9.15 Å². The quantitative estimate of drug-likeness (QED) is 0.818. The summed E-state index contributed by atoms with van der Waals surface area (Å²) < 4.78 is 15.9. The van der Waals surface area contributed by atoms with Crippen LogP contribution in [0, 0.1) is 0 Å². The number of carbonyl (C=O) groups excluding carboxylic acids is 1. The molecule has 116 valence electrons. The Hall–Kier alpha value is -1.37. The number of morpholine rings is 1. The van der Waals surface area contributed by atoms with Crippen molar-refractivity contribution in [2.45, 2.75) is 31.5 Å². The zero-order valence-electron chi connectivity index (χ0n) is 12.3. The highest BCUT2D eigenvalue weighted by Gasteiger charge is 2.31. The Balaban J connectivity index is 1.41. The van der Waals surface area contributed by atoms with Gasteiger partial charge in [-0.2, -0.15) is 0 Å². The summed E-state index contributed by atoms with van der Waals surface area (Å²) in [6.45, 7) is 4.42. The van der Waals surface area contributed by atoms with Gasteiger partial charge in [0.25, 0.3) is 0 Å². The minimum Gasteiger partial charge on any atom is -0.463 e. The lowest BCUT2D eigenvalue weighted by Gasteiger charge is -2.35. The maximum Gasteiger partial charge on any atom is 0.373 e. The second-order valence-electron chi connectivity index (χ2n) is 5.63. The molecule has 2 atom stereocenters. The summed E-state index contributed by atoms with van der Waals surface area (Å²) in [7, 11) is 1.34. The van der Waals surface area contributed by atoms with Crippen LogP contribution in [-0.2, 0) is 16.0 Å². The lowest BCUT2D eigenvalue weighted by molar-refractivity contribution is -0.0471. The zero-order chi connectivity index (χ0) is 14.7. The molecule has 6 nitrogen and oxygen atoms in total. The molecule has 1 aromatic rings. The van der Waals surface area contributed by atoms with Gasteiger partial charge >= 0.3 is 5.97 Å². The number of hydrogen-bond acceptors (Lipinski definition) is 6. The van der Waals surface area contributed by atoms with Crippen LogP contribution in [0.1, 0.15) is 29.2 Å². The molecule has 3 rings (SSSR count). The summed E-state index contributed by atoms with van der Waals surface area (Å²) in [5.41, 5.74) is 0. The minimum absolute atomic E-state index is 0.231. The van der Waals surface area contributed by atoms with Crippen molar-refractivity contribution >= 4 is 5.97 Å². The van der Waals surface area contributed by atoms with Crippen LogP contribution in [0.5, 0.6) is 0 Å². The van der Waals surface area contributed by atoms with Crippen molar-refractivity contribution in [1.29, 1.82) is 0 Å². The van der Waals surface area contributed by atoms with Crippen molar-refractivity contribution in [2.75, 3.05) is 33.4 Å². The molecule has 2 aliphatic rings. The molecule has 0 bridgehead atoms. The highest BCUT2D eigenvalue weighted by atomic mass is 16.5. The fourth-order valence-electron chi connectivity index (χ4n) is 3.05. The van der Waals surface area contributed by atoms with Crippen LogP contribution >= 0.6 is 0 Å². The summed E-state index contributed by atoms with van der Waals surface area (Å²) in [6, 6.07) is 4.06. The van der Waals surface area contributed by atoms with Crippen molar-refractivity contribution < 1.29 is 18.7 Å². The molecular formula is C15H22N2O4. The number of ether oxygens (including phenoxy) is 2. The molecule has 1 N–H and O–H groups in total. The maximum atomic E-state index is 11.3. The molecule has 0 aliphatic carbocycles. The molecular weight excluding hydrogens is 272 g/mol. The van der Waals surface area contributed by atoms with Gasteiger partial charge in [-0.05, 0) is 31.5 Å². The lowest BCUT2D eigenvalue weighted by atomic mass is 10.2. The Labute approximate surface area is 124 Å². The molecule has 3 heterocycles. The second-order valence-corrected chi connectivity index (χ2v) is 5.63. The molecule has 0 amide bonds. The molecule has 2 fully saturated rings. The number of fused-ring (bicyclic) bond motifs is 1. The fourth-order valence-corrected chi connectivity index (χ4v) is 3.05. The summed E-state index contributed by atoms with van der Waals surface area (Å²) in [4.78, 5) is 13.8. The van der Waals surface area contributed by atoms with Gasteiger partial charge in [-0.1, -0.05) is 0 Å². The zero-order valence-corrected chi connectivity index (χ0v) is 12.3. The Bertz CT molecular complexity index is 488. The first kappa shape index (κ1) is 14.6. The van der Waals surface area contributed by atoms with E-state index in [1.807, 2.05) is 0 Å². The van der Waals surface area contributed by atoms with E-state index in [2.05, 4.69) is 15.0 Å². The van der Waals surface area contributed by atoms with Crippen LogP contribution in [0.15, 0.2) is 16.5 Å². The van der Waals surface area contributed by atoms with Gasteiger partial charge in [0.05, 0.1) is 26.4 Å². The molecule has 2 unspecified atom stereocenters. The summed E-state index contributed by atoms with van der Waals surface area (Å²) in [5, 5.41) is 3.32. The predicted octanol–water partition coefficient (Wildman–Crippen LogP) is 1.02. The van der Waals surface area contributed by atoms with Crippen molar-refractivity contribution in [3.8, 4) is 0 Å². The molecule has 0 saturated carbocycles. The van der Waals surface area contributed by atoms with Gasteiger partial charge in [-0.3, -0.25) is 4.90 Å². The van der Waals surface area contributed by atoms with Gasteiger partial charge in [-0.25, -0.2) is 4.79 Å². The van der Waals surface area contributed by atoms with Crippen LogP contribution in [-0.4, -0.2) is 56.4 Å². The predicted molar refractivity (Wildman–Crippen MR) is 76.1 cm³/mol. The number of furan rings is 1. The van der Waals surface area contributed by atoms with E-state index in [9.17, 15) is 4.79 Å². The van der Waals surface area contributed by atoms with Gasteiger partial charge in [0.1, 0.15) is 5.76 Å². The van der Waals surface area contributed by atoms with Crippen molar-refractivity contribution in [3.63, 3.8) is 0 Å². The number of methoxy groups -OCH3 is 1. The van der Waals surface area contributed by atoms with E-state index in [1.165, 1.54) is 26.5 Å². The molecule has 6 heteroatoms. The monoisotopic (exact) mass is 294 g/mol. The molecule has 2 aliphatic heterocycles. The fraction of sp³-hybridized carbons (Fsp3) is 0.667. The van der Waals surface area contributed by atoms with Gasteiger partial charge < -0.3 is 19.2 Å². The van der Waals surface area contributed by atoms with Crippen LogP contribution in [0.2, 0.25) is 0 Å². The normalized spacial score (nSPS) is 25.8. The third kappa shape index (κ3) is 3.45. The number of esters is 1. The van der Waals surface area contributed by atoms with Gasteiger partial charge in [0.15, 0.2) is 0 Å². The first-order chi connectivity index (χ1) is 10.3. The Morgan fingerprint density at radius 3 is 3.29 bits per heavy atom. The SMILES string of the molecule is COC(=O)c1ccc(CNCC2CN3CCCC3CO2)o1. The maximum absolute atomic E-state index is 11.3. The van der Waals surface area contributed by atoms with Crippen molar-refractivity contribution in [3.05, 3.63) is 23.7 Å². The Morgan fingerprint density at radius 1 is 1.52 bits per heavy atom. The molecule has 0 aromatic carbocycles. The summed E-state index contributed by atoms with van der Waals surface area (Å²) >= 11 is 0. The van der Waals surface area contributed by atoms with Crippen molar-refractivity contribution in [1.82, 2.24) is 10.2 Å². The van der Waals surface area contributed by atoms with E-state index in [0.29, 0.717) is 12.6 Å². The topological polar surface area (TPSA) is 63.9 Å². The Kier molecular flexibility index (Phi) is 4.57. The second kappa shape index (κ2) is 6.60. The van der Waals surface area contributed by atoms with E-state index in [-0.39, 0.29) is 11.9 Å². The number of nitrogens with zero attached hydrogens (tertiary/aromatic N) is 1. The smallest absolute Gasteiger partial charge is 0.373 e. The van der Waals surface area contributed by atoms with Crippen LogP contribution in [0.25, 0.3) is 0 Å². The summed E-state index contributed by atoms with van der Waals surface area (Å²) in [5.74, 6) is 0.519. The largest absolute Gasteiger partial charge is 0.463 e. The van der Waals surface area contributed by atoms with Crippen LogP contribution in [0.3, 0.4) is 0 Å². The summed E-state index contributed by atoms with van der Waals surface area (Å²) in [6.07, 6.45) is 2.79. The van der Waals surface area contributed by atoms with Gasteiger partial charge in [-0.15, -0.1) is 0 Å². The van der Waals surface area contributed by atoms with Gasteiger partial charge in [0, 0.05) is 19.1 Å². The third-order valence-corrected chi connectivity index (χ3v) is 4.18. The highest BCUT2D eigenvalue weighted by molar-refractivity contribution is 5.86. The molecule has 1 aromatic heterocycles. The van der Waals surface area contributed by atoms with Crippen LogP contribution < -0.4 is 5.32 Å². The van der Waals surface area contributed by atoms with Gasteiger partial charge in [0.2, 0.25) is 5.76 Å². The van der Waals surface area contributed by atoms with E-state index < -0.39 is 5.97 Å². The van der Waals surface area contributed by atoms with E-state index in [0.717, 1.165) is 25.5 Å². The molecule has 0 radical (unpaired) electrons. The number of nitrogens with one attached hydrogen (secondary N) is 1. The third-order valence-electron chi connectivity index (χ3n) is 4.18. The van der Waals surface area contributed by atoms with E-state index >= 15 is 0 Å². The lowest BCUT2D eigenvalue weighted by Crippen LogP contribution is -2.49. The number of rotatable bonds is 5. The standard InChI is InChI=1S/C15H22N2O4/c1-19-15(18)14-5-4-12(21-14)7-16-8-13-9-17-6-2-3-11(17)10-20-13/h4-5,11,13,16H,2-3,6-10H2,1H3.